The smallest absolute Gasteiger partial charge is 0.356 e. The molecule has 1 N–H and O–H groups in total. The number of carboxylic acids is 1. The Kier molecular flexibility index (Phi) is 3.59. The molecule has 0 aliphatic rings. The quantitative estimate of drug-likeness (QED) is 0.937. The van der Waals surface area contributed by atoms with Crippen LogP contribution in [0.5, 0.6) is 0 Å². The number of halogens is 1. The second-order valence-corrected chi connectivity index (χ2v) is 5.36. The van der Waals surface area contributed by atoms with E-state index in [1.807, 2.05) is 31.2 Å². The Morgan fingerprint density at radius 1 is 1.47 bits per heavy atom. The molecule has 2 aromatic rings. The zero-order chi connectivity index (χ0) is 12.4. The molecule has 3 nitrogen and oxygen atoms in total. The average Bonchev–Trinajstić information content (AvgIpc) is 2.73. The van der Waals surface area contributed by atoms with Gasteiger partial charge in [0.2, 0.25) is 0 Å². The number of rotatable bonds is 3. The minimum absolute atomic E-state index is 0.138. The molecule has 0 radical (unpaired) electrons. The number of carboxylic acid groups (broad SMARTS) is 1. The lowest BCUT2D eigenvalue weighted by molar-refractivity contribution is 0.0692. The SMILES string of the molecule is CCc1nc(C(=O)O)c(-c2ccccc2Br)s1. The lowest BCUT2D eigenvalue weighted by Crippen LogP contribution is -1.99. The molecular formula is C12H10BrNO2S. The van der Waals surface area contributed by atoms with Crippen molar-refractivity contribution >= 4 is 33.2 Å². The maximum Gasteiger partial charge on any atom is 0.356 e. The zero-order valence-electron chi connectivity index (χ0n) is 9.11. The Morgan fingerprint density at radius 3 is 2.76 bits per heavy atom. The van der Waals surface area contributed by atoms with Gasteiger partial charge >= 0.3 is 5.97 Å². The van der Waals surface area contributed by atoms with Crippen molar-refractivity contribution in [3.05, 3.63) is 39.4 Å². The summed E-state index contributed by atoms with van der Waals surface area (Å²) < 4.78 is 0.883. The van der Waals surface area contributed by atoms with E-state index >= 15 is 0 Å². The monoisotopic (exact) mass is 311 g/mol. The Morgan fingerprint density at radius 2 is 2.18 bits per heavy atom. The van der Waals surface area contributed by atoms with Gasteiger partial charge in [0, 0.05) is 10.0 Å². The molecule has 1 aromatic carbocycles. The summed E-state index contributed by atoms with van der Waals surface area (Å²) in [6.07, 6.45) is 0.745. The van der Waals surface area contributed by atoms with Crippen LogP contribution in [0.4, 0.5) is 0 Å². The highest BCUT2D eigenvalue weighted by Crippen LogP contribution is 2.35. The van der Waals surface area contributed by atoms with Crippen LogP contribution in [0.1, 0.15) is 22.4 Å². The van der Waals surface area contributed by atoms with E-state index in [9.17, 15) is 4.79 Å². The van der Waals surface area contributed by atoms with Crippen molar-refractivity contribution in [2.45, 2.75) is 13.3 Å². The Bertz CT molecular complexity index is 565. The number of thiazole rings is 1. The molecule has 1 heterocycles. The van der Waals surface area contributed by atoms with Gasteiger partial charge < -0.3 is 5.11 Å². The standard InChI is InChI=1S/C12H10BrNO2S/c1-2-9-14-10(12(15)16)11(17-9)7-5-3-4-6-8(7)13/h3-6H,2H2,1H3,(H,15,16). The first-order valence-electron chi connectivity index (χ1n) is 5.11. The largest absolute Gasteiger partial charge is 0.476 e. The first kappa shape index (κ1) is 12.3. The van der Waals surface area contributed by atoms with E-state index < -0.39 is 5.97 Å². The van der Waals surface area contributed by atoms with Crippen molar-refractivity contribution in [3.63, 3.8) is 0 Å². The van der Waals surface area contributed by atoms with Gasteiger partial charge in [-0.2, -0.15) is 0 Å². The number of hydrogen-bond donors (Lipinski definition) is 1. The summed E-state index contributed by atoms with van der Waals surface area (Å²) in [7, 11) is 0. The fourth-order valence-corrected chi connectivity index (χ4v) is 3.14. The maximum atomic E-state index is 11.2. The molecule has 0 saturated carbocycles. The van der Waals surface area contributed by atoms with Crippen molar-refractivity contribution in [3.8, 4) is 10.4 Å². The third kappa shape index (κ3) is 2.40. The fourth-order valence-electron chi connectivity index (χ4n) is 1.49. The van der Waals surface area contributed by atoms with Crippen molar-refractivity contribution < 1.29 is 9.90 Å². The molecule has 0 bridgehead atoms. The van der Waals surface area contributed by atoms with Crippen LogP contribution in [0.25, 0.3) is 10.4 Å². The molecule has 0 unspecified atom stereocenters. The lowest BCUT2D eigenvalue weighted by Gasteiger charge is -2.01. The van der Waals surface area contributed by atoms with E-state index in [1.54, 1.807) is 0 Å². The second-order valence-electron chi connectivity index (χ2n) is 3.42. The molecule has 0 saturated heterocycles. The number of aromatic carboxylic acids is 1. The predicted octanol–water partition coefficient (Wildman–Crippen LogP) is 3.83. The first-order valence-corrected chi connectivity index (χ1v) is 6.72. The number of aromatic nitrogens is 1. The average molecular weight is 312 g/mol. The van der Waals surface area contributed by atoms with Crippen molar-refractivity contribution in [2.75, 3.05) is 0 Å². The van der Waals surface area contributed by atoms with Gasteiger partial charge in [-0.25, -0.2) is 9.78 Å². The van der Waals surface area contributed by atoms with Gasteiger partial charge in [0.15, 0.2) is 5.69 Å². The number of aryl methyl sites for hydroxylation is 1. The number of hydrogen-bond acceptors (Lipinski definition) is 3. The fraction of sp³-hybridized carbons (Fsp3) is 0.167. The van der Waals surface area contributed by atoms with Gasteiger partial charge in [0.05, 0.1) is 9.88 Å². The van der Waals surface area contributed by atoms with E-state index in [4.69, 9.17) is 5.11 Å². The summed E-state index contributed by atoms with van der Waals surface area (Å²) in [5.41, 5.74) is 1.01. The molecule has 17 heavy (non-hydrogen) atoms. The predicted molar refractivity (Wildman–Crippen MR) is 71.6 cm³/mol. The summed E-state index contributed by atoms with van der Waals surface area (Å²) in [5, 5.41) is 10.00. The third-order valence-electron chi connectivity index (χ3n) is 2.29. The Balaban J connectivity index is 2.62. The molecule has 0 aliphatic carbocycles. The molecule has 88 valence electrons. The lowest BCUT2D eigenvalue weighted by atomic mass is 10.1. The highest BCUT2D eigenvalue weighted by molar-refractivity contribution is 9.10. The minimum Gasteiger partial charge on any atom is -0.476 e. The molecule has 1 aromatic heterocycles. The number of nitrogens with zero attached hydrogens (tertiary/aromatic N) is 1. The van der Waals surface area contributed by atoms with Crippen LogP contribution in [0, 0.1) is 0 Å². The summed E-state index contributed by atoms with van der Waals surface area (Å²) in [4.78, 5) is 16.0. The highest BCUT2D eigenvalue weighted by Gasteiger charge is 2.19. The van der Waals surface area contributed by atoms with E-state index in [0.717, 1.165) is 21.5 Å². The summed E-state index contributed by atoms with van der Waals surface area (Å²) in [6, 6.07) is 7.57. The molecule has 0 aliphatic heterocycles. The zero-order valence-corrected chi connectivity index (χ0v) is 11.5. The van der Waals surface area contributed by atoms with Crippen LogP contribution >= 0.6 is 27.3 Å². The molecule has 2 rings (SSSR count). The molecule has 0 amide bonds. The van der Waals surface area contributed by atoms with Crippen LogP contribution in [0.3, 0.4) is 0 Å². The number of carbonyl (C=O) groups is 1. The molecule has 0 atom stereocenters. The second kappa shape index (κ2) is 4.98. The molecule has 0 fully saturated rings. The van der Waals surface area contributed by atoms with Crippen LogP contribution in [-0.4, -0.2) is 16.1 Å². The van der Waals surface area contributed by atoms with E-state index in [1.165, 1.54) is 11.3 Å². The normalized spacial score (nSPS) is 10.5. The summed E-state index contributed by atoms with van der Waals surface area (Å²) >= 11 is 4.87. The maximum absolute atomic E-state index is 11.2. The van der Waals surface area contributed by atoms with Crippen molar-refractivity contribution in [1.29, 1.82) is 0 Å². The van der Waals surface area contributed by atoms with Crippen LogP contribution < -0.4 is 0 Å². The van der Waals surface area contributed by atoms with Gasteiger partial charge in [-0.15, -0.1) is 11.3 Å². The third-order valence-corrected chi connectivity index (χ3v) is 4.22. The van der Waals surface area contributed by atoms with Crippen LogP contribution in [-0.2, 0) is 6.42 Å². The van der Waals surface area contributed by atoms with Crippen LogP contribution in [0.15, 0.2) is 28.7 Å². The Hall–Kier alpha value is -1.20. The van der Waals surface area contributed by atoms with Gasteiger partial charge in [-0.3, -0.25) is 0 Å². The van der Waals surface area contributed by atoms with Gasteiger partial charge in [-0.05, 0) is 12.5 Å². The van der Waals surface area contributed by atoms with Gasteiger partial charge in [0.1, 0.15) is 0 Å². The first-order chi connectivity index (χ1) is 8.13. The van der Waals surface area contributed by atoms with Gasteiger partial charge in [0.25, 0.3) is 0 Å². The molecule has 0 spiro atoms. The van der Waals surface area contributed by atoms with Crippen molar-refractivity contribution in [2.24, 2.45) is 0 Å². The minimum atomic E-state index is -0.980. The van der Waals surface area contributed by atoms with E-state index in [2.05, 4.69) is 20.9 Å². The van der Waals surface area contributed by atoms with Crippen molar-refractivity contribution in [1.82, 2.24) is 4.98 Å². The molecule has 5 heteroatoms. The summed E-state index contributed by atoms with van der Waals surface area (Å²) in [5.74, 6) is -0.980. The van der Waals surface area contributed by atoms with Crippen LogP contribution in [0.2, 0.25) is 0 Å². The van der Waals surface area contributed by atoms with E-state index in [-0.39, 0.29) is 5.69 Å². The topological polar surface area (TPSA) is 50.2 Å². The Labute approximate surface area is 111 Å². The summed E-state index contributed by atoms with van der Waals surface area (Å²) in [6.45, 7) is 1.97. The molecular weight excluding hydrogens is 302 g/mol. The van der Waals surface area contributed by atoms with Gasteiger partial charge in [-0.1, -0.05) is 41.1 Å². The number of benzene rings is 1. The highest BCUT2D eigenvalue weighted by atomic mass is 79.9. The van der Waals surface area contributed by atoms with E-state index in [0.29, 0.717) is 4.88 Å².